The zero-order valence-corrected chi connectivity index (χ0v) is 17.2. The number of hydrogen-bond donors (Lipinski definition) is 1. The molecule has 0 heterocycles. The SMILES string of the molecule is CC1=CC(Nc2ccc(C)cc2)=C(C(=O)OCC(C)C)[C@H](c2ccccc2)C1. The molecule has 2 aromatic rings. The van der Waals surface area contributed by atoms with Gasteiger partial charge in [-0.3, -0.25) is 0 Å². The number of aryl methyl sites for hydroxylation is 1. The van der Waals surface area contributed by atoms with Crippen LogP contribution in [0.2, 0.25) is 0 Å². The van der Waals surface area contributed by atoms with Gasteiger partial charge in [0.1, 0.15) is 0 Å². The first-order chi connectivity index (χ1) is 13.4. The van der Waals surface area contributed by atoms with Gasteiger partial charge in [-0.05, 0) is 50.0 Å². The first-order valence-electron chi connectivity index (χ1n) is 9.91. The Bertz CT molecular complexity index is 877. The minimum Gasteiger partial charge on any atom is -0.462 e. The van der Waals surface area contributed by atoms with Crippen LogP contribution in [0.4, 0.5) is 5.69 Å². The van der Waals surface area contributed by atoms with Crippen LogP contribution in [-0.4, -0.2) is 12.6 Å². The molecule has 28 heavy (non-hydrogen) atoms. The Morgan fingerprint density at radius 1 is 1.07 bits per heavy atom. The van der Waals surface area contributed by atoms with Crippen LogP contribution >= 0.6 is 0 Å². The van der Waals surface area contributed by atoms with E-state index >= 15 is 0 Å². The van der Waals surface area contributed by atoms with Crippen molar-refractivity contribution < 1.29 is 9.53 Å². The van der Waals surface area contributed by atoms with Gasteiger partial charge in [0, 0.05) is 17.3 Å². The largest absolute Gasteiger partial charge is 0.462 e. The number of nitrogens with one attached hydrogen (secondary N) is 1. The lowest BCUT2D eigenvalue weighted by Crippen LogP contribution is -2.23. The van der Waals surface area contributed by atoms with Crippen LogP contribution in [-0.2, 0) is 9.53 Å². The molecule has 1 aliphatic rings. The second-order valence-corrected chi connectivity index (χ2v) is 7.97. The van der Waals surface area contributed by atoms with Crippen molar-refractivity contribution in [2.75, 3.05) is 11.9 Å². The zero-order valence-electron chi connectivity index (χ0n) is 17.2. The third kappa shape index (κ3) is 4.92. The van der Waals surface area contributed by atoms with E-state index in [1.54, 1.807) is 0 Å². The summed E-state index contributed by atoms with van der Waals surface area (Å²) in [4.78, 5) is 13.1. The molecular formula is C25H29NO2. The molecule has 0 bridgehead atoms. The molecule has 0 radical (unpaired) electrons. The molecular weight excluding hydrogens is 346 g/mol. The molecule has 1 N–H and O–H groups in total. The van der Waals surface area contributed by atoms with Gasteiger partial charge in [0.05, 0.1) is 12.2 Å². The Morgan fingerprint density at radius 2 is 1.75 bits per heavy atom. The van der Waals surface area contributed by atoms with Crippen molar-refractivity contribution in [3.8, 4) is 0 Å². The summed E-state index contributed by atoms with van der Waals surface area (Å²) in [6.45, 7) is 8.70. The highest BCUT2D eigenvalue weighted by atomic mass is 16.5. The van der Waals surface area contributed by atoms with Gasteiger partial charge >= 0.3 is 5.97 Å². The molecule has 0 saturated carbocycles. The fourth-order valence-electron chi connectivity index (χ4n) is 3.43. The monoisotopic (exact) mass is 375 g/mol. The minimum absolute atomic E-state index is 0.0150. The van der Waals surface area contributed by atoms with Crippen molar-refractivity contribution in [2.45, 2.75) is 40.0 Å². The lowest BCUT2D eigenvalue weighted by atomic mass is 9.81. The number of carbonyl (C=O) groups excluding carboxylic acids is 1. The summed E-state index contributed by atoms with van der Waals surface area (Å²) < 4.78 is 5.65. The van der Waals surface area contributed by atoms with Crippen LogP contribution in [0, 0.1) is 12.8 Å². The number of allylic oxidation sites excluding steroid dienone is 2. The highest BCUT2D eigenvalue weighted by Gasteiger charge is 2.30. The van der Waals surface area contributed by atoms with Crippen LogP contribution in [0.25, 0.3) is 0 Å². The van der Waals surface area contributed by atoms with Gasteiger partial charge in [0.2, 0.25) is 0 Å². The zero-order chi connectivity index (χ0) is 20.1. The van der Waals surface area contributed by atoms with E-state index in [4.69, 9.17) is 4.74 Å². The Morgan fingerprint density at radius 3 is 2.39 bits per heavy atom. The van der Waals surface area contributed by atoms with E-state index in [-0.39, 0.29) is 11.9 Å². The molecule has 1 aliphatic carbocycles. The molecule has 0 aliphatic heterocycles. The number of ether oxygens (including phenoxy) is 1. The van der Waals surface area contributed by atoms with E-state index in [2.05, 4.69) is 49.5 Å². The van der Waals surface area contributed by atoms with Crippen LogP contribution < -0.4 is 5.32 Å². The Hall–Kier alpha value is -2.81. The van der Waals surface area contributed by atoms with Crippen LogP contribution in [0.1, 0.15) is 44.2 Å². The first kappa shape index (κ1) is 19.9. The van der Waals surface area contributed by atoms with Crippen molar-refractivity contribution in [3.05, 3.63) is 88.6 Å². The second kappa shape index (κ2) is 8.92. The predicted octanol–water partition coefficient (Wildman–Crippen LogP) is 5.99. The van der Waals surface area contributed by atoms with E-state index < -0.39 is 0 Å². The van der Waals surface area contributed by atoms with Crippen LogP contribution in [0.3, 0.4) is 0 Å². The molecule has 0 unspecified atom stereocenters. The van der Waals surface area contributed by atoms with E-state index in [0.29, 0.717) is 18.1 Å². The van der Waals surface area contributed by atoms with Gasteiger partial charge < -0.3 is 10.1 Å². The average Bonchev–Trinajstić information content (AvgIpc) is 2.68. The molecule has 0 saturated heterocycles. The number of carbonyl (C=O) groups is 1. The fraction of sp³-hybridized carbons (Fsp3) is 0.320. The molecule has 0 amide bonds. The quantitative estimate of drug-likeness (QED) is 0.630. The first-order valence-corrected chi connectivity index (χ1v) is 9.91. The topological polar surface area (TPSA) is 38.3 Å². The molecule has 3 heteroatoms. The predicted molar refractivity (Wildman–Crippen MR) is 115 cm³/mol. The minimum atomic E-state index is -0.235. The molecule has 0 aromatic heterocycles. The summed E-state index contributed by atoms with van der Waals surface area (Å²) in [6.07, 6.45) is 2.89. The number of esters is 1. The maximum Gasteiger partial charge on any atom is 0.336 e. The number of rotatable bonds is 6. The summed E-state index contributed by atoms with van der Waals surface area (Å²) in [5.74, 6) is 0.0498. The summed E-state index contributed by atoms with van der Waals surface area (Å²) in [5, 5.41) is 3.46. The fourth-order valence-corrected chi connectivity index (χ4v) is 3.43. The van der Waals surface area contributed by atoms with Crippen molar-refractivity contribution in [2.24, 2.45) is 5.92 Å². The molecule has 2 aromatic carbocycles. The smallest absolute Gasteiger partial charge is 0.336 e. The van der Waals surface area contributed by atoms with Gasteiger partial charge in [-0.25, -0.2) is 4.79 Å². The number of benzene rings is 2. The van der Waals surface area contributed by atoms with Gasteiger partial charge in [-0.2, -0.15) is 0 Å². The standard InChI is InChI=1S/C25H29NO2/c1-17(2)16-28-25(27)24-22(20-8-6-5-7-9-20)14-19(4)15-23(24)26-21-12-10-18(3)11-13-21/h5-13,15,17,22,26H,14,16H2,1-4H3/t22-/m0/s1. The van der Waals surface area contributed by atoms with Gasteiger partial charge in [0.25, 0.3) is 0 Å². The lowest BCUT2D eigenvalue weighted by molar-refractivity contribution is -0.140. The van der Waals surface area contributed by atoms with Crippen molar-refractivity contribution in [1.29, 1.82) is 0 Å². The lowest BCUT2D eigenvalue weighted by Gasteiger charge is -2.28. The van der Waals surface area contributed by atoms with E-state index in [1.165, 1.54) is 11.1 Å². The van der Waals surface area contributed by atoms with Crippen LogP contribution in [0.15, 0.2) is 77.5 Å². The summed E-state index contributed by atoms with van der Waals surface area (Å²) in [5.41, 5.74) is 6.08. The van der Waals surface area contributed by atoms with Gasteiger partial charge in [0.15, 0.2) is 0 Å². The Balaban J connectivity index is 2.02. The molecule has 3 rings (SSSR count). The molecule has 0 fully saturated rings. The van der Waals surface area contributed by atoms with Crippen molar-refractivity contribution in [1.82, 2.24) is 0 Å². The number of hydrogen-bond acceptors (Lipinski definition) is 3. The highest BCUT2D eigenvalue weighted by Crippen LogP contribution is 2.38. The van der Waals surface area contributed by atoms with Crippen molar-refractivity contribution in [3.63, 3.8) is 0 Å². The third-order valence-electron chi connectivity index (χ3n) is 4.86. The van der Waals surface area contributed by atoms with E-state index in [9.17, 15) is 4.79 Å². The van der Waals surface area contributed by atoms with Gasteiger partial charge in [-0.15, -0.1) is 0 Å². The third-order valence-corrected chi connectivity index (χ3v) is 4.86. The summed E-state index contributed by atoms with van der Waals surface area (Å²) in [7, 11) is 0. The molecule has 0 spiro atoms. The maximum absolute atomic E-state index is 13.1. The highest BCUT2D eigenvalue weighted by molar-refractivity contribution is 5.93. The second-order valence-electron chi connectivity index (χ2n) is 7.97. The van der Waals surface area contributed by atoms with Crippen molar-refractivity contribution >= 4 is 11.7 Å². The van der Waals surface area contributed by atoms with E-state index in [0.717, 1.165) is 23.4 Å². The molecule has 146 valence electrons. The summed E-state index contributed by atoms with van der Waals surface area (Å²) in [6, 6.07) is 18.4. The average molecular weight is 376 g/mol. The summed E-state index contributed by atoms with van der Waals surface area (Å²) >= 11 is 0. The normalized spacial score (nSPS) is 16.8. The Kier molecular flexibility index (Phi) is 6.35. The number of anilines is 1. The van der Waals surface area contributed by atoms with Gasteiger partial charge in [-0.1, -0.05) is 67.4 Å². The molecule has 1 atom stereocenters. The maximum atomic E-state index is 13.1. The van der Waals surface area contributed by atoms with E-state index in [1.807, 2.05) is 44.2 Å². The molecule has 3 nitrogen and oxygen atoms in total. The Labute approximate surface area is 168 Å². The van der Waals surface area contributed by atoms with Crippen LogP contribution in [0.5, 0.6) is 0 Å².